The van der Waals surface area contributed by atoms with Crippen LogP contribution in [-0.2, 0) is 11.3 Å². The smallest absolute Gasteiger partial charge is 0.269 e. The summed E-state index contributed by atoms with van der Waals surface area (Å²) in [7, 11) is 0. The first-order chi connectivity index (χ1) is 9.63. The fourth-order valence-corrected chi connectivity index (χ4v) is 2.38. The monoisotopic (exact) mass is 280 g/mol. The molecule has 3 N–H and O–H groups in total. The summed E-state index contributed by atoms with van der Waals surface area (Å²) in [5, 5.41) is 10.9. The van der Waals surface area contributed by atoms with E-state index in [4.69, 9.17) is 10.6 Å². The number of rotatable bonds is 5. The van der Waals surface area contributed by atoms with Gasteiger partial charge in [0.2, 0.25) is 0 Å². The minimum atomic E-state index is -0.391. The third-order valence-electron chi connectivity index (χ3n) is 3.53. The summed E-state index contributed by atoms with van der Waals surface area (Å²) < 4.78 is 5.62. The van der Waals surface area contributed by atoms with E-state index in [0.29, 0.717) is 13.2 Å². The molecule has 1 fully saturated rings. The van der Waals surface area contributed by atoms with Gasteiger partial charge in [-0.2, -0.15) is 0 Å². The SMILES string of the molecule is CCC1CN(Cc2cc([N+](=O)[O-])ccc2NN)CCO1. The largest absolute Gasteiger partial charge is 0.376 e. The lowest BCUT2D eigenvalue weighted by Gasteiger charge is -2.32. The first kappa shape index (κ1) is 14.7. The highest BCUT2D eigenvalue weighted by molar-refractivity contribution is 5.55. The molecule has 110 valence electrons. The number of nitro groups is 1. The Kier molecular flexibility index (Phi) is 4.89. The van der Waals surface area contributed by atoms with E-state index in [0.717, 1.165) is 30.8 Å². The van der Waals surface area contributed by atoms with Gasteiger partial charge in [-0.1, -0.05) is 6.92 Å². The molecule has 20 heavy (non-hydrogen) atoms. The summed E-state index contributed by atoms with van der Waals surface area (Å²) in [4.78, 5) is 12.7. The maximum Gasteiger partial charge on any atom is 0.269 e. The molecule has 7 nitrogen and oxygen atoms in total. The van der Waals surface area contributed by atoms with E-state index in [-0.39, 0.29) is 11.8 Å². The van der Waals surface area contributed by atoms with Gasteiger partial charge in [-0.15, -0.1) is 0 Å². The Hall–Kier alpha value is -1.70. The van der Waals surface area contributed by atoms with Crippen LogP contribution in [0.1, 0.15) is 18.9 Å². The second-order valence-electron chi connectivity index (χ2n) is 4.88. The highest BCUT2D eigenvalue weighted by atomic mass is 16.6. The van der Waals surface area contributed by atoms with E-state index in [9.17, 15) is 10.1 Å². The van der Waals surface area contributed by atoms with Crippen LogP contribution in [0, 0.1) is 10.1 Å². The van der Waals surface area contributed by atoms with Crippen LogP contribution >= 0.6 is 0 Å². The molecule has 0 amide bonds. The van der Waals surface area contributed by atoms with Crippen molar-refractivity contribution < 1.29 is 9.66 Å². The molecule has 1 heterocycles. The number of morpholine rings is 1. The van der Waals surface area contributed by atoms with Gasteiger partial charge in [-0.05, 0) is 18.1 Å². The second-order valence-corrected chi connectivity index (χ2v) is 4.88. The molecule has 0 saturated carbocycles. The van der Waals surface area contributed by atoms with Crippen LogP contribution in [-0.4, -0.2) is 35.6 Å². The van der Waals surface area contributed by atoms with Crippen molar-refractivity contribution in [1.82, 2.24) is 4.90 Å². The van der Waals surface area contributed by atoms with Crippen LogP contribution in [0.5, 0.6) is 0 Å². The summed E-state index contributed by atoms with van der Waals surface area (Å²) in [6, 6.07) is 4.67. The van der Waals surface area contributed by atoms with Gasteiger partial charge in [-0.25, -0.2) is 0 Å². The van der Waals surface area contributed by atoms with Crippen molar-refractivity contribution in [3.8, 4) is 0 Å². The number of anilines is 1. The fraction of sp³-hybridized carbons (Fsp3) is 0.538. The van der Waals surface area contributed by atoms with Crippen LogP contribution in [0.3, 0.4) is 0 Å². The Morgan fingerprint density at radius 1 is 1.60 bits per heavy atom. The lowest BCUT2D eigenvalue weighted by atomic mass is 10.1. The van der Waals surface area contributed by atoms with Gasteiger partial charge in [0.25, 0.3) is 5.69 Å². The molecular formula is C13H20N4O3. The minimum absolute atomic E-state index is 0.0827. The Morgan fingerprint density at radius 2 is 2.40 bits per heavy atom. The number of nitrogens with one attached hydrogen (secondary N) is 1. The lowest BCUT2D eigenvalue weighted by Crippen LogP contribution is -2.41. The van der Waals surface area contributed by atoms with Crippen LogP contribution in [0.25, 0.3) is 0 Å². The van der Waals surface area contributed by atoms with Crippen molar-refractivity contribution in [2.24, 2.45) is 5.84 Å². The molecule has 1 unspecified atom stereocenters. The Bertz CT molecular complexity index is 481. The Labute approximate surface area is 117 Å². The van der Waals surface area contributed by atoms with Crippen molar-refractivity contribution in [3.05, 3.63) is 33.9 Å². The van der Waals surface area contributed by atoms with Crippen LogP contribution < -0.4 is 11.3 Å². The topological polar surface area (TPSA) is 93.7 Å². The maximum atomic E-state index is 10.9. The average molecular weight is 280 g/mol. The molecule has 1 aromatic carbocycles. The molecular weight excluding hydrogens is 260 g/mol. The van der Waals surface area contributed by atoms with Crippen LogP contribution in [0.4, 0.5) is 11.4 Å². The molecule has 1 aromatic rings. The van der Waals surface area contributed by atoms with E-state index in [1.807, 2.05) is 0 Å². The minimum Gasteiger partial charge on any atom is -0.376 e. The van der Waals surface area contributed by atoms with Gasteiger partial charge < -0.3 is 10.2 Å². The molecule has 0 spiro atoms. The molecule has 0 aliphatic carbocycles. The molecule has 0 aromatic heterocycles. The van der Waals surface area contributed by atoms with Gasteiger partial charge in [-0.3, -0.25) is 20.9 Å². The molecule has 1 aliphatic rings. The average Bonchev–Trinajstić information content (AvgIpc) is 2.47. The first-order valence-electron chi connectivity index (χ1n) is 6.72. The van der Waals surface area contributed by atoms with E-state index >= 15 is 0 Å². The number of ether oxygens (including phenoxy) is 1. The Balaban J connectivity index is 2.14. The fourth-order valence-electron chi connectivity index (χ4n) is 2.38. The zero-order valence-electron chi connectivity index (χ0n) is 11.5. The van der Waals surface area contributed by atoms with E-state index in [2.05, 4.69) is 17.2 Å². The van der Waals surface area contributed by atoms with Gasteiger partial charge in [0.05, 0.1) is 23.3 Å². The maximum absolute atomic E-state index is 10.9. The van der Waals surface area contributed by atoms with E-state index < -0.39 is 4.92 Å². The predicted octanol–water partition coefficient (Wildman–Crippen LogP) is 1.49. The lowest BCUT2D eigenvalue weighted by molar-refractivity contribution is -0.384. The molecule has 2 rings (SSSR count). The predicted molar refractivity (Wildman–Crippen MR) is 76.2 cm³/mol. The van der Waals surface area contributed by atoms with Crippen molar-refractivity contribution >= 4 is 11.4 Å². The van der Waals surface area contributed by atoms with Gasteiger partial charge in [0.15, 0.2) is 0 Å². The number of non-ortho nitro benzene ring substituents is 1. The van der Waals surface area contributed by atoms with Crippen molar-refractivity contribution in [2.75, 3.05) is 25.1 Å². The number of hydrogen-bond acceptors (Lipinski definition) is 6. The van der Waals surface area contributed by atoms with Crippen molar-refractivity contribution in [3.63, 3.8) is 0 Å². The number of nitrogens with two attached hydrogens (primary N) is 1. The van der Waals surface area contributed by atoms with Gasteiger partial charge in [0, 0.05) is 31.8 Å². The third kappa shape index (κ3) is 3.44. The number of benzene rings is 1. The summed E-state index contributed by atoms with van der Waals surface area (Å²) in [5.41, 5.74) is 4.23. The van der Waals surface area contributed by atoms with Crippen molar-refractivity contribution in [2.45, 2.75) is 26.0 Å². The molecule has 1 atom stereocenters. The highest BCUT2D eigenvalue weighted by Gasteiger charge is 2.20. The first-order valence-corrected chi connectivity index (χ1v) is 6.72. The molecule has 1 aliphatic heterocycles. The number of nitrogens with zero attached hydrogens (tertiary/aromatic N) is 2. The van der Waals surface area contributed by atoms with Gasteiger partial charge in [0.1, 0.15) is 0 Å². The second kappa shape index (κ2) is 6.65. The Morgan fingerprint density at radius 3 is 3.05 bits per heavy atom. The molecule has 0 radical (unpaired) electrons. The number of nitro benzene ring substituents is 1. The number of nitrogen functional groups attached to an aromatic ring is 1. The van der Waals surface area contributed by atoms with E-state index in [1.54, 1.807) is 12.1 Å². The molecule has 0 bridgehead atoms. The van der Waals surface area contributed by atoms with Crippen LogP contribution in [0.15, 0.2) is 18.2 Å². The summed E-state index contributed by atoms with van der Waals surface area (Å²) >= 11 is 0. The summed E-state index contributed by atoms with van der Waals surface area (Å²) in [6.07, 6.45) is 1.20. The van der Waals surface area contributed by atoms with Crippen LogP contribution in [0.2, 0.25) is 0 Å². The zero-order chi connectivity index (χ0) is 14.5. The molecule has 7 heteroatoms. The highest BCUT2D eigenvalue weighted by Crippen LogP contribution is 2.23. The standard InChI is InChI=1S/C13H20N4O3/c1-2-12-9-16(5-6-20-12)8-10-7-11(17(18)19)3-4-13(10)15-14/h3-4,7,12,15H,2,5-6,8-9,14H2,1H3. The number of hydrazine groups is 1. The zero-order valence-corrected chi connectivity index (χ0v) is 11.5. The quantitative estimate of drug-likeness (QED) is 0.482. The summed E-state index contributed by atoms with van der Waals surface area (Å²) in [5.74, 6) is 5.47. The summed E-state index contributed by atoms with van der Waals surface area (Å²) in [6.45, 7) is 5.07. The molecule has 1 saturated heterocycles. The van der Waals surface area contributed by atoms with Crippen molar-refractivity contribution in [1.29, 1.82) is 0 Å². The third-order valence-corrected chi connectivity index (χ3v) is 3.53. The van der Waals surface area contributed by atoms with E-state index in [1.165, 1.54) is 6.07 Å². The normalized spacial score (nSPS) is 19.8. The number of hydrogen-bond donors (Lipinski definition) is 2. The van der Waals surface area contributed by atoms with Gasteiger partial charge >= 0.3 is 0 Å².